The van der Waals surface area contributed by atoms with Gasteiger partial charge in [-0.15, -0.1) is 11.3 Å². The van der Waals surface area contributed by atoms with Gasteiger partial charge in [0.2, 0.25) is 15.9 Å². The number of anilines is 1. The maximum Gasteiger partial charge on any atom is 0.240 e. The summed E-state index contributed by atoms with van der Waals surface area (Å²) in [5.74, 6) is -0.106. The molecular formula is C18H25N3O3S2. The lowest BCUT2D eigenvalue weighted by atomic mass is 10.1. The second kappa shape index (κ2) is 10.4. The summed E-state index contributed by atoms with van der Waals surface area (Å²) in [7, 11) is -3.61. The normalized spacial score (nSPS) is 11.4. The summed E-state index contributed by atoms with van der Waals surface area (Å²) in [6, 6.07) is 10.4. The van der Waals surface area contributed by atoms with Crippen LogP contribution < -0.4 is 15.8 Å². The van der Waals surface area contributed by atoms with Crippen LogP contribution in [0.25, 0.3) is 0 Å². The molecule has 8 heteroatoms. The minimum Gasteiger partial charge on any atom is -0.329 e. The molecule has 1 aromatic heterocycles. The third kappa shape index (κ3) is 6.87. The van der Waals surface area contributed by atoms with E-state index in [9.17, 15) is 13.2 Å². The fourth-order valence-corrected chi connectivity index (χ4v) is 4.30. The summed E-state index contributed by atoms with van der Waals surface area (Å²) in [5, 5.41) is 4.83. The zero-order valence-corrected chi connectivity index (χ0v) is 16.2. The van der Waals surface area contributed by atoms with Crippen LogP contribution in [-0.4, -0.2) is 27.4 Å². The number of hydrogen-bond donors (Lipinski definition) is 3. The number of amides is 1. The summed E-state index contributed by atoms with van der Waals surface area (Å²) in [5.41, 5.74) is 5.80. The zero-order chi connectivity index (χ0) is 18.8. The van der Waals surface area contributed by atoms with Crippen LogP contribution in [0.4, 0.5) is 5.69 Å². The van der Waals surface area contributed by atoms with E-state index in [-0.39, 0.29) is 23.9 Å². The molecule has 0 aliphatic carbocycles. The first-order valence-corrected chi connectivity index (χ1v) is 11.0. The van der Waals surface area contributed by atoms with Gasteiger partial charge in [-0.2, -0.15) is 0 Å². The Morgan fingerprint density at radius 1 is 1.12 bits per heavy atom. The molecular weight excluding hydrogens is 370 g/mol. The van der Waals surface area contributed by atoms with Gasteiger partial charge in [-0.3, -0.25) is 4.79 Å². The number of nitrogens with two attached hydrogens (primary N) is 1. The first kappa shape index (κ1) is 20.6. The lowest BCUT2D eigenvalue weighted by molar-refractivity contribution is -0.116. The highest BCUT2D eigenvalue weighted by molar-refractivity contribution is 7.89. The largest absolute Gasteiger partial charge is 0.329 e. The number of carbonyl (C=O) groups is 1. The van der Waals surface area contributed by atoms with Gasteiger partial charge in [-0.25, -0.2) is 13.1 Å². The van der Waals surface area contributed by atoms with Crippen molar-refractivity contribution in [1.82, 2.24) is 4.72 Å². The molecule has 2 aromatic rings. The molecule has 0 spiro atoms. The highest BCUT2D eigenvalue weighted by Crippen LogP contribution is 2.16. The van der Waals surface area contributed by atoms with Crippen molar-refractivity contribution >= 4 is 33.0 Å². The minimum atomic E-state index is -3.61. The van der Waals surface area contributed by atoms with Crippen molar-refractivity contribution in [3.63, 3.8) is 0 Å². The molecule has 0 unspecified atom stereocenters. The molecule has 0 bridgehead atoms. The fourth-order valence-electron chi connectivity index (χ4n) is 2.46. The van der Waals surface area contributed by atoms with Crippen LogP contribution in [0.5, 0.6) is 0 Å². The van der Waals surface area contributed by atoms with Crippen molar-refractivity contribution in [2.75, 3.05) is 18.4 Å². The second-order valence-corrected chi connectivity index (χ2v) is 8.70. The molecule has 142 valence electrons. The van der Waals surface area contributed by atoms with Gasteiger partial charge < -0.3 is 11.1 Å². The average Bonchev–Trinajstić information content (AvgIpc) is 3.13. The van der Waals surface area contributed by atoms with Crippen molar-refractivity contribution in [1.29, 1.82) is 0 Å². The molecule has 0 aliphatic rings. The standard InChI is InChI=1S/C18H25N3O3S2/c19-11-12-20-26(23,24)17-9-4-6-15(14-17)21-18(22)10-3-1-2-7-16-8-5-13-25-16/h4-6,8-9,13-14,20H,1-3,7,10-12,19H2,(H,21,22). The van der Waals surface area contributed by atoms with E-state index in [0.29, 0.717) is 12.1 Å². The average molecular weight is 396 g/mol. The Kier molecular flexibility index (Phi) is 8.24. The van der Waals surface area contributed by atoms with E-state index in [2.05, 4.69) is 21.5 Å². The number of thiophene rings is 1. The van der Waals surface area contributed by atoms with Crippen molar-refractivity contribution < 1.29 is 13.2 Å². The topological polar surface area (TPSA) is 101 Å². The van der Waals surface area contributed by atoms with Gasteiger partial charge in [0.15, 0.2) is 0 Å². The molecule has 2 rings (SSSR count). The Bertz CT molecular complexity index is 790. The van der Waals surface area contributed by atoms with Crippen LogP contribution in [0.15, 0.2) is 46.7 Å². The molecule has 1 aromatic carbocycles. The Hall–Kier alpha value is -1.74. The summed E-state index contributed by atoms with van der Waals surface area (Å²) < 4.78 is 26.6. The van der Waals surface area contributed by atoms with E-state index in [1.54, 1.807) is 23.5 Å². The van der Waals surface area contributed by atoms with E-state index in [4.69, 9.17) is 5.73 Å². The number of hydrogen-bond acceptors (Lipinski definition) is 5. The van der Waals surface area contributed by atoms with E-state index < -0.39 is 10.0 Å². The Morgan fingerprint density at radius 3 is 2.69 bits per heavy atom. The quantitative estimate of drug-likeness (QED) is 0.509. The molecule has 6 nitrogen and oxygen atoms in total. The minimum absolute atomic E-state index is 0.106. The number of sulfonamides is 1. The Balaban J connectivity index is 1.77. The molecule has 4 N–H and O–H groups in total. The SMILES string of the molecule is NCCNS(=O)(=O)c1cccc(NC(=O)CCCCCc2cccs2)c1. The van der Waals surface area contributed by atoms with Crippen LogP contribution >= 0.6 is 11.3 Å². The number of benzene rings is 1. The second-order valence-electron chi connectivity index (χ2n) is 5.90. The molecule has 0 radical (unpaired) electrons. The molecule has 0 atom stereocenters. The lowest BCUT2D eigenvalue weighted by Gasteiger charge is -2.09. The number of unbranched alkanes of at least 4 members (excludes halogenated alkanes) is 2. The van der Waals surface area contributed by atoms with Gasteiger partial charge in [0.05, 0.1) is 4.90 Å². The monoisotopic (exact) mass is 395 g/mol. The van der Waals surface area contributed by atoms with Crippen molar-refractivity contribution in [2.24, 2.45) is 5.73 Å². The fraction of sp³-hybridized carbons (Fsp3) is 0.389. The summed E-state index contributed by atoms with van der Waals surface area (Å²) >= 11 is 1.76. The lowest BCUT2D eigenvalue weighted by Crippen LogP contribution is -2.29. The van der Waals surface area contributed by atoms with Crippen molar-refractivity contribution in [3.8, 4) is 0 Å². The third-order valence-electron chi connectivity index (χ3n) is 3.77. The highest BCUT2D eigenvalue weighted by Gasteiger charge is 2.14. The van der Waals surface area contributed by atoms with Gasteiger partial charge in [-0.05, 0) is 48.9 Å². The molecule has 0 aliphatic heterocycles. The highest BCUT2D eigenvalue weighted by atomic mass is 32.2. The molecule has 26 heavy (non-hydrogen) atoms. The third-order valence-corrected chi connectivity index (χ3v) is 6.17. The summed E-state index contributed by atoms with van der Waals surface area (Å²) in [6.07, 6.45) is 4.34. The van der Waals surface area contributed by atoms with Gasteiger partial charge in [0.1, 0.15) is 0 Å². The van der Waals surface area contributed by atoms with Gasteiger partial charge >= 0.3 is 0 Å². The smallest absolute Gasteiger partial charge is 0.240 e. The van der Waals surface area contributed by atoms with Crippen molar-refractivity contribution in [2.45, 2.75) is 37.0 Å². The van der Waals surface area contributed by atoms with Crippen LogP contribution in [0.1, 0.15) is 30.6 Å². The molecule has 0 saturated carbocycles. The predicted molar refractivity (Wildman–Crippen MR) is 106 cm³/mol. The molecule has 1 heterocycles. The number of carbonyl (C=O) groups excluding carboxylic acids is 1. The molecule has 0 saturated heterocycles. The zero-order valence-electron chi connectivity index (χ0n) is 14.6. The van der Waals surface area contributed by atoms with E-state index in [0.717, 1.165) is 25.7 Å². The summed E-state index contributed by atoms with van der Waals surface area (Å²) in [6.45, 7) is 0.395. The van der Waals surface area contributed by atoms with E-state index in [1.165, 1.54) is 17.0 Å². The maximum absolute atomic E-state index is 12.1. The number of nitrogens with one attached hydrogen (secondary N) is 2. The first-order chi connectivity index (χ1) is 12.5. The van der Waals surface area contributed by atoms with Gasteiger partial charge in [-0.1, -0.05) is 18.6 Å². The maximum atomic E-state index is 12.1. The van der Waals surface area contributed by atoms with Gasteiger partial charge in [0.25, 0.3) is 0 Å². The van der Waals surface area contributed by atoms with E-state index in [1.807, 2.05) is 6.07 Å². The predicted octanol–water partition coefficient (Wildman–Crippen LogP) is 2.73. The van der Waals surface area contributed by atoms with E-state index >= 15 is 0 Å². The Labute approximate surface area is 158 Å². The Morgan fingerprint density at radius 2 is 1.96 bits per heavy atom. The van der Waals surface area contributed by atoms with Crippen LogP contribution in [0, 0.1) is 0 Å². The first-order valence-electron chi connectivity index (χ1n) is 8.63. The number of aryl methyl sites for hydroxylation is 1. The molecule has 0 fully saturated rings. The van der Waals surface area contributed by atoms with Gasteiger partial charge in [0, 0.05) is 30.1 Å². The molecule has 1 amide bonds. The number of rotatable bonds is 11. The summed E-state index contributed by atoms with van der Waals surface area (Å²) in [4.78, 5) is 13.5. The van der Waals surface area contributed by atoms with Crippen LogP contribution in [0.2, 0.25) is 0 Å². The van der Waals surface area contributed by atoms with Crippen LogP contribution in [-0.2, 0) is 21.2 Å². The van der Waals surface area contributed by atoms with Crippen molar-refractivity contribution in [3.05, 3.63) is 46.7 Å². The van der Waals surface area contributed by atoms with Crippen LogP contribution in [0.3, 0.4) is 0 Å².